The molecule has 1 aromatic carbocycles. The second kappa shape index (κ2) is 8.43. The van der Waals surface area contributed by atoms with Gasteiger partial charge >= 0.3 is 5.97 Å². The largest absolute Gasteiger partial charge is 0.491 e. The summed E-state index contributed by atoms with van der Waals surface area (Å²) < 4.78 is 10.7. The van der Waals surface area contributed by atoms with Gasteiger partial charge in [0.15, 0.2) is 0 Å². The summed E-state index contributed by atoms with van der Waals surface area (Å²) in [5.41, 5.74) is 6.80. The molecule has 0 saturated heterocycles. The lowest BCUT2D eigenvalue weighted by atomic mass is 10.2. The maximum atomic E-state index is 11.7. The van der Waals surface area contributed by atoms with E-state index in [4.69, 9.17) is 15.2 Å². The first kappa shape index (κ1) is 16.3. The van der Waals surface area contributed by atoms with Gasteiger partial charge in [0.1, 0.15) is 5.75 Å². The summed E-state index contributed by atoms with van der Waals surface area (Å²) in [4.78, 5) is 13.8. The molecule has 112 valence electrons. The number of carbonyl (C=O) groups is 1. The molecule has 0 fully saturated rings. The summed E-state index contributed by atoms with van der Waals surface area (Å²) in [5.74, 6) is 0.258. The standard InChI is InChI=1S/C15H24N2O3/c1-4-9-20-15(18)12-6-7-14(13(16)11-12)19-10-5-8-17(2)3/h6-7,11H,4-5,8-10,16H2,1-3H3. The number of benzene rings is 1. The molecule has 5 heteroatoms. The number of ether oxygens (including phenoxy) is 2. The Bertz CT molecular complexity index is 433. The first-order chi connectivity index (χ1) is 9.54. The lowest BCUT2D eigenvalue weighted by Gasteiger charge is -2.12. The van der Waals surface area contributed by atoms with Crippen LogP contribution in [0.5, 0.6) is 5.75 Å². The van der Waals surface area contributed by atoms with E-state index in [-0.39, 0.29) is 5.97 Å². The fraction of sp³-hybridized carbons (Fsp3) is 0.533. The van der Waals surface area contributed by atoms with Crippen molar-refractivity contribution >= 4 is 11.7 Å². The molecule has 0 unspecified atom stereocenters. The van der Waals surface area contributed by atoms with Gasteiger partial charge in [0.05, 0.1) is 24.5 Å². The van der Waals surface area contributed by atoms with E-state index in [9.17, 15) is 4.79 Å². The van der Waals surface area contributed by atoms with E-state index < -0.39 is 0 Å². The van der Waals surface area contributed by atoms with Crippen LogP contribution in [0.1, 0.15) is 30.1 Å². The molecule has 0 spiro atoms. The van der Waals surface area contributed by atoms with E-state index in [0.717, 1.165) is 19.4 Å². The van der Waals surface area contributed by atoms with Crippen LogP contribution in [-0.4, -0.2) is 44.7 Å². The topological polar surface area (TPSA) is 64.8 Å². The minimum Gasteiger partial charge on any atom is -0.491 e. The molecule has 0 amide bonds. The van der Waals surface area contributed by atoms with Crippen molar-refractivity contribution in [3.63, 3.8) is 0 Å². The molecule has 0 radical (unpaired) electrons. The van der Waals surface area contributed by atoms with Crippen molar-refractivity contribution < 1.29 is 14.3 Å². The molecule has 2 N–H and O–H groups in total. The van der Waals surface area contributed by atoms with Crippen LogP contribution in [0.2, 0.25) is 0 Å². The van der Waals surface area contributed by atoms with Gasteiger partial charge in [0, 0.05) is 6.54 Å². The van der Waals surface area contributed by atoms with Crippen LogP contribution < -0.4 is 10.5 Å². The Morgan fingerprint density at radius 2 is 2.05 bits per heavy atom. The summed E-state index contributed by atoms with van der Waals surface area (Å²) in [5, 5.41) is 0. The average molecular weight is 280 g/mol. The summed E-state index contributed by atoms with van der Waals surface area (Å²) in [7, 11) is 4.04. The summed E-state index contributed by atoms with van der Waals surface area (Å²) in [6.07, 6.45) is 1.72. The monoisotopic (exact) mass is 280 g/mol. The number of anilines is 1. The average Bonchev–Trinajstić information content (AvgIpc) is 2.42. The first-order valence-corrected chi connectivity index (χ1v) is 6.88. The zero-order valence-corrected chi connectivity index (χ0v) is 12.5. The van der Waals surface area contributed by atoms with Gasteiger partial charge in [0.25, 0.3) is 0 Å². The Kier molecular flexibility index (Phi) is 6.87. The number of carbonyl (C=O) groups excluding carboxylic acids is 1. The Balaban J connectivity index is 2.52. The number of esters is 1. The second-order valence-electron chi connectivity index (χ2n) is 4.89. The molecule has 0 bridgehead atoms. The Labute approximate surface area is 120 Å². The third-order valence-corrected chi connectivity index (χ3v) is 2.69. The molecule has 0 aliphatic heterocycles. The molecule has 0 heterocycles. The zero-order valence-electron chi connectivity index (χ0n) is 12.5. The molecular weight excluding hydrogens is 256 g/mol. The minimum absolute atomic E-state index is 0.349. The lowest BCUT2D eigenvalue weighted by molar-refractivity contribution is 0.0505. The van der Waals surface area contributed by atoms with Crippen molar-refractivity contribution in [1.82, 2.24) is 4.90 Å². The number of hydrogen-bond donors (Lipinski definition) is 1. The van der Waals surface area contributed by atoms with Crippen LogP contribution >= 0.6 is 0 Å². The number of nitrogen functional groups attached to an aromatic ring is 1. The zero-order chi connectivity index (χ0) is 15.0. The van der Waals surface area contributed by atoms with Crippen LogP contribution in [-0.2, 0) is 4.74 Å². The molecule has 1 aromatic rings. The van der Waals surface area contributed by atoms with E-state index in [2.05, 4.69) is 4.90 Å². The van der Waals surface area contributed by atoms with Crippen molar-refractivity contribution in [2.75, 3.05) is 39.6 Å². The number of nitrogens with zero attached hydrogens (tertiary/aromatic N) is 1. The van der Waals surface area contributed by atoms with Crippen LogP contribution in [0.15, 0.2) is 18.2 Å². The van der Waals surface area contributed by atoms with Crippen LogP contribution in [0, 0.1) is 0 Å². The third kappa shape index (κ3) is 5.48. The van der Waals surface area contributed by atoms with E-state index in [1.54, 1.807) is 18.2 Å². The quantitative estimate of drug-likeness (QED) is 0.449. The fourth-order valence-corrected chi connectivity index (χ4v) is 1.65. The van der Waals surface area contributed by atoms with E-state index in [1.807, 2.05) is 21.0 Å². The molecule has 0 atom stereocenters. The normalized spacial score (nSPS) is 10.6. The van der Waals surface area contributed by atoms with Gasteiger partial charge < -0.3 is 20.1 Å². The molecule has 5 nitrogen and oxygen atoms in total. The van der Waals surface area contributed by atoms with Gasteiger partial charge in [-0.05, 0) is 45.1 Å². The number of rotatable bonds is 8. The summed E-state index contributed by atoms with van der Waals surface area (Å²) in [6.45, 7) is 3.93. The second-order valence-corrected chi connectivity index (χ2v) is 4.89. The predicted octanol–water partition coefficient (Wildman–Crippen LogP) is 2.17. The highest BCUT2D eigenvalue weighted by atomic mass is 16.5. The van der Waals surface area contributed by atoms with Crippen LogP contribution in [0.25, 0.3) is 0 Å². The van der Waals surface area contributed by atoms with E-state index >= 15 is 0 Å². The first-order valence-electron chi connectivity index (χ1n) is 6.88. The van der Waals surface area contributed by atoms with Gasteiger partial charge in [0.2, 0.25) is 0 Å². The Morgan fingerprint density at radius 1 is 1.30 bits per heavy atom. The number of nitrogens with two attached hydrogens (primary N) is 1. The Morgan fingerprint density at radius 3 is 2.65 bits per heavy atom. The summed E-state index contributed by atoms with van der Waals surface area (Å²) in [6, 6.07) is 4.99. The smallest absolute Gasteiger partial charge is 0.338 e. The molecule has 1 rings (SSSR count). The van der Waals surface area contributed by atoms with Gasteiger partial charge in [-0.25, -0.2) is 4.79 Å². The maximum Gasteiger partial charge on any atom is 0.338 e. The fourth-order valence-electron chi connectivity index (χ4n) is 1.65. The van der Waals surface area contributed by atoms with Gasteiger partial charge in [-0.3, -0.25) is 0 Å². The van der Waals surface area contributed by atoms with Gasteiger partial charge in [-0.2, -0.15) is 0 Å². The highest BCUT2D eigenvalue weighted by Crippen LogP contribution is 2.23. The number of hydrogen-bond acceptors (Lipinski definition) is 5. The van der Waals surface area contributed by atoms with E-state index in [0.29, 0.717) is 30.2 Å². The third-order valence-electron chi connectivity index (χ3n) is 2.69. The molecule has 20 heavy (non-hydrogen) atoms. The van der Waals surface area contributed by atoms with Crippen molar-refractivity contribution in [3.05, 3.63) is 23.8 Å². The van der Waals surface area contributed by atoms with Gasteiger partial charge in [-0.1, -0.05) is 6.92 Å². The Hall–Kier alpha value is -1.75. The highest BCUT2D eigenvalue weighted by Gasteiger charge is 2.09. The van der Waals surface area contributed by atoms with Crippen molar-refractivity contribution in [3.8, 4) is 5.75 Å². The maximum absolute atomic E-state index is 11.7. The SMILES string of the molecule is CCCOC(=O)c1ccc(OCCCN(C)C)c(N)c1. The highest BCUT2D eigenvalue weighted by molar-refractivity contribution is 5.91. The molecule has 0 saturated carbocycles. The van der Waals surface area contributed by atoms with Gasteiger partial charge in [-0.15, -0.1) is 0 Å². The lowest BCUT2D eigenvalue weighted by Crippen LogP contribution is -2.15. The van der Waals surface area contributed by atoms with Crippen LogP contribution in [0.3, 0.4) is 0 Å². The predicted molar refractivity (Wildman–Crippen MR) is 80.1 cm³/mol. The van der Waals surface area contributed by atoms with Crippen molar-refractivity contribution in [2.24, 2.45) is 0 Å². The van der Waals surface area contributed by atoms with Crippen molar-refractivity contribution in [2.45, 2.75) is 19.8 Å². The minimum atomic E-state index is -0.349. The molecular formula is C15H24N2O3. The van der Waals surface area contributed by atoms with Crippen LogP contribution in [0.4, 0.5) is 5.69 Å². The molecule has 0 aliphatic rings. The van der Waals surface area contributed by atoms with E-state index in [1.165, 1.54) is 0 Å². The summed E-state index contributed by atoms with van der Waals surface area (Å²) >= 11 is 0. The molecule has 0 aliphatic carbocycles. The van der Waals surface area contributed by atoms with Crippen molar-refractivity contribution in [1.29, 1.82) is 0 Å². The molecule has 0 aromatic heterocycles.